The molecule has 0 fully saturated rings. The molecule has 0 aliphatic carbocycles. The second-order valence-electron chi connectivity index (χ2n) is 6.61. The fourth-order valence-electron chi connectivity index (χ4n) is 3.28. The Bertz CT molecular complexity index is 802. The van der Waals surface area contributed by atoms with E-state index < -0.39 is 0 Å². The molecule has 0 radical (unpaired) electrons. The number of guanidine groups is 1. The van der Waals surface area contributed by atoms with Crippen LogP contribution >= 0.6 is 0 Å². The van der Waals surface area contributed by atoms with Gasteiger partial charge in [-0.05, 0) is 38.8 Å². The average molecular weight is 387 g/mol. The lowest BCUT2D eigenvalue weighted by Gasteiger charge is -2.14. The van der Waals surface area contributed by atoms with Gasteiger partial charge >= 0.3 is 0 Å². The zero-order valence-electron chi connectivity index (χ0n) is 17.0. The highest BCUT2D eigenvalue weighted by atomic mass is 16.5. The second kappa shape index (κ2) is 9.96. The SMILES string of the molecule is CCNC(=NCc1nnc2n1CCCCC2)Nc1ccc(OC)c(OCC)c1. The topological polar surface area (TPSA) is 85.6 Å². The van der Waals surface area contributed by atoms with Gasteiger partial charge in [0, 0.05) is 31.3 Å². The van der Waals surface area contributed by atoms with Gasteiger partial charge in [-0.15, -0.1) is 10.2 Å². The van der Waals surface area contributed by atoms with Gasteiger partial charge in [0.1, 0.15) is 12.4 Å². The van der Waals surface area contributed by atoms with E-state index in [0.29, 0.717) is 30.6 Å². The summed E-state index contributed by atoms with van der Waals surface area (Å²) in [5.41, 5.74) is 0.879. The molecule has 8 nitrogen and oxygen atoms in total. The molecule has 2 N–H and O–H groups in total. The lowest BCUT2D eigenvalue weighted by Crippen LogP contribution is -2.30. The Kier molecular flexibility index (Phi) is 7.11. The maximum atomic E-state index is 5.66. The van der Waals surface area contributed by atoms with E-state index in [-0.39, 0.29) is 0 Å². The van der Waals surface area contributed by atoms with E-state index in [1.165, 1.54) is 19.3 Å². The van der Waals surface area contributed by atoms with Crippen molar-refractivity contribution in [3.63, 3.8) is 0 Å². The summed E-state index contributed by atoms with van der Waals surface area (Å²) in [6.45, 7) is 6.79. The Labute approximate surface area is 166 Å². The van der Waals surface area contributed by atoms with Crippen LogP contribution in [0.15, 0.2) is 23.2 Å². The van der Waals surface area contributed by atoms with Crippen molar-refractivity contribution < 1.29 is 9.47 Å². The number of anilines is 1. The van der Waals surface area contributed by atoms with Gasteiger partial charge < -0.3 is 24.7 Å². The summed E-state index contributed by atoms with van der Waals surface area (Å²) >= 11 is 0. The summed E-state index contributed by atoms with van der Waals surface area (Å²) < 4.78 is 13.2. The Hall–Kier alpha value is -2.77. The average Bonchev–Trinajstić information content (AvgIpc) is 2.93. The Balaban J connectivity index is 1.75. The number of methoxy groups -OCH3 is 1. The number of aromatic nitrogens is 3. The molecule has 28 heavy (non-hydrogen) atoms. The van der Waals surface area contributed by atoms with Crippen LogP contribution in [0.4, 0.5) is 5.69 Å². The van der Waals surface area contributed by atoms with Crippen molar-refractivity contribution in [2.45, 2.75) is 52.6 Å². The minimum absolute atomic E-state index is 0.483. The summed E-state index contributed by atoms with van der Waals surface area (Å²) in [4.78, 5) is 4.71. The number of hydrogen-bond acceptors (Lipinski definition) is 5. The normalized spacial score (nSPS) is 14.2. The third kappa shape index (κ3) is 4.94. The number of rotatable bonds is 7. The zero-order valence-corrected chi connectivity index (χ0v) is 17.0. The number of benzene rings is 1. The summed E-state index contributed by atoms with van der Waals surface area (Å²) in [5, 5.41) is 15.3. The predicted molar refractivity (Wildman–Crippen MR) is 110 cm³/mol. The summed E-state index contributed by atoms with van der Waals surface area (Å²) in [6.07, 6.45) is 4.61. The highest BCUT2D eigenvalue weighted by Crippen LogP contribution is 2.30. The molecule has 1 aliphatic heterocycles. The van der Waals surface area contributed by atoms with Crippen molar-refractivity contribution in [1.29, 1.82) is 0 Å². The van der Waals surface area contributed by atoms with Crippen LogP contribution in [0.1, 0.15) is 44.8 Å². The van der Waals surface area contributed by atoms with Crippen molar-refractivity contribution in [3.05, 3.63) is 29.8 Å². The van der Waals surface area contributed by atoms with Crippen molar-refractivity contribution >= 4 is 11.6 Å². The summed E-state index contributed by atoms with van der Waals surface area (Å²) in [6, 6.07) is 5.74. The van der Waals surface area contributed by atoms with Crippen molar-refractivity contribution in [3.8, 4) is 11.5 Å². The molecule has 0 unspecified atom stereocenters. The molecule has 0 amide bonds. The molecule has 0 saturated carbocycles. The van der Waals surface area contributed by atoms with Gasteiger partial charge in [0.15, 0.2) is 23.3 Å². The van der Waals surface area contributed by atoms with Crippen molar-refractivity contribution in [1.82, 2.24) is 20.1 Å². The van der Waals surface area contributed by atoms with Crippen LogP contribution in [0.2, 0.25) is 0 Å². The molecule has 3 rings (SSSR count). The highest BCUT2D eigenvalue weighted by Gasteiger charge is 2.14. The van der Waals surface area contributed by atoms with E-state index in [1.54, 1.807) is 7.11 Å². The Morgan fingerprint density at radius 1 is 1.18 bits per heavy atom. The number of aryl methyl sites for hydroxylation is 1. The zero-order chi connectivity index (χ0) is 19.8. The summed E-state index contributed by atoms with van der Waals surface area (Å²) in [5.74, 6) is 4.10. The third-order valence-electron chi connectivity index (χ3n) is 4.64. The quantitative estimate of drug-likeness (QED) is 0.562. The lowest BCUT2D eigenvalue weighted by molar-refractivity contribution is 0.311. The molecule has 1 aromatic carbocycles. The van der Waals surface area contributed by atoms with Gasteiger partial charge in [-0.2, -0.15) is 0 Å². The fraction of sp³-hybridized carbons (Fsp3) is 0.550. The van der Waals surface area contributed by atoms with E-state index in [0.717, 1.165) is 36.8 Å². The van der Waals surface area contributed by atoms with E-state index in [1.807, 2.05) is 32.0 Å². The number of hydrogen-bond donors (Lipinski definition) is 2. The monoisotopic (exact) mass is 386 g/mol. The molecule has 0 saturated heterocycles. The van der Waals surface area contributed by atoms with Crippen molar-refractivity contribution in [2.24, 2.45) is 4.99 Å². The Morgan fingerprint density at radius 3 is 2.86 bits per heavy atom. The first-order chi connectivity index (χ1) is 13.7. The third-order valence-corrected chi connectivity index (χ3v) is 4.64. The first-order valence-corrected chi connectivity index (χ1v) is 10.0. The van der Waals surface area contributed by atoms with Crippen LogP contribution in [-0.4, -0.2) is 41.0 Å². The number of fused-ring (bicyclic) bond motifs is 1. The molecule has 152 valence electrons. The largest absolute Gasteiger partial charge is 0.493 e. The molecule has 8 heteroatoms. The van der Waals surface area contributed by atoms with Crippen LogP contribution < -0.4 is 20.1 Å². The number of aliphatic imine (C=N–C) groups is 1. The van der Waals surface area contributed by atoms with Gasteiger partial charge in [-0.3, -0.25) is 0 Å². The molecule has 0 bridgehead atoms. The predicted octanol–water partition coefficient (Wildman–Crippen LogP) is 2.99. The number of nitrogens with one attached hydrogen (secondary N) is 2. The van der Waals surface area contributed by atoms with E-state index in [4.69, 9.17) is 14.5 Å². The molecule has 2 aromatic rings. The fourth-order valence-corrected chi connectivity index (χ4v) is 3.28. The molecular weight excluding hydrogens is 356 g/mol. The summed E-state index contributed by atoms with van der Waals surface area (Å²) in [7, 11) is 1.64. The van der Waals surface area contributed by atoms with E-state index in [2.05, 4.69) is 25.4 Å². The lowest BCUT2D eigenvalue weighted by atomic mass is 10.2. The van der Waals surface area contributed by atoms with E-state index >= 15 is 0 Å². The first-order valence-electron chi connectivity index (χ1n) is 10.0. The van der Waals surface area contributed by atoms with Gasteiger partial charge in [0.05, 0.1) is 13.7 Å². The van der Waals surface area contributed by atoms with Crippen LogP contribution in [0, 0.1) is 0 Å². The van der Waals surface area contributed by atoms with Gasteiger partial charge in [-0.25, -0.2) is 4.99 Å². The number of nitrogens with zero attached hydrogens (tertiary/aromatic N) is 4. The second-order valence-corrected chi connectivity index (χ2v) is 6.61. The van der Waals surface area contributed by atoms with Gasteiger partial charge in [-0.1, -0.05) is 6.42 Å². The smallest absolute Gasteiger partial charge is 0.196 e. The van der Waals surface area contributed by atoms with Crippen LogP contribution in [0.3, 0.4) is 0 Å². The van der Waals surface area contributed by atoms with E-state index in [9.17, 15) is 0 Å². The van der Waals surface area contributed by atoms with Crippen molar-refractivity contribution in [2.75, 3.05) is 25.6 Å². The first kappa shape index (κ1) is 20.0. The molecule has 0 spiro atoms. The maximum absolute atomic E-state index is 5.66. The van der Waals surface area contributed by atoms with Crippen LogP contribution in [0.25, 0.3) is 0 Å². The molecule has 1 aliphatic rings. The minimum Gasteiger partial charge on any atom is -0.493 e. The molecule has 2 heterocycles. The standard InChI is InChI=1S/C20H30N6O2/c1-4-21-20(23-15-10-11-16(27-3)17(13-15)28-5-2)22-14-19-25-24-18-9-7-6-8-12-26(18)19/h10-11,13H,4-9,12,14H2,1-3H3,(H2,21,22,23). The minimum atomic E-state index is 0.483. The van der Waals surface area contributed by atoms with Crippen LogP contribution in [0.5, 0.6) is 11.5 Å². The Morgan fingerprint density at radius 2 is 2.07 bits per heavy atom. The number of ether oxygens (including phenoxy) is 2. The molecular formula is C20H30N6O2. The van der Waals surface area contributed by atoms with Gasteiger partial charge in [0.25, 0.3) is 0 Å². The molecule has 1 aromatic heterocycles. The maximum Gasteiger partial charge on any atom is 0.196 e. The highest BCUT2D eigenvalue weighted by molar-refractivity contribution is 5.93. The van der Waals surface area contributed by atoms with Crippen LogP contribution in [-0.2, 0) is 19.5 Å². The van der Waals surface area contributed by atoms with Gasteiger partial charge in [0.2, 0.25) is 0 Å². The molecule has 0 atom stereocenters.